The fourth-order valence-corrected chi connectivity index (χ4v) is 5.25. The molecular formula is C34H39FO4. The van der Waals surface area contributed by atoms with Crippen LogP contribution in [-0.2, 0) is 16.1 Å². The first kappa shape index (κ1) is 28.4. The molecule has 0 saturated heterocycles. The van der Waals surface area contributed by atoms with E-state index in [-0.39, 0.29) is 17.7 Å². The van der Waals surface area contributed by atoms with E-state index in [4.69, 9.17) is 14.2 Å². The Morgan fingerprint density at radius 1 is 0.949 bits per heavy atom. The molecule has 206 valence electrons. The molecule has 5 heteroatoms. The summed E-state index contributed by atoms with van der Waals surface area (Å²) in [5.41, 5.74) is 5.84. The van der Waals surface area contributed by atoms with Crippen LogP contribution in [0.4, 0.5) is 4.39 Å². The summed E-state index contributed by atoms with van der Waals surface area (Å²) in [6, 6.07) is 19.0. The van der Waals surface area contributed by atoms with Crippen LogP contribution in [0.15, 0.2) is 66.7 Å². The highest BCUT2D eigenvalue weighted by molar-refractivity contribution is 5.83. The average molecular weight is 531 g/mol. The SMILES string of the molecule is CC.COC(=O)CC(c1cccc(OCc2ccc(-c3cc(OC)ccc3F)c(C3=CCCC3)c2)c1)C1CC1. The molecule has 1 fully saturated rings. The van der Waals surface area contributed by atoms with Crippen LogP contribution in [-0.4, -0.2) is 20.2 Å². The van der Waals surface area contributed by atoms with E-state index >= 15 is 0 Å². The first-order valence-electron chi connectivity index (χ1n) is 14.0. The minimum absolute atomic E-state index is 0.161. The molecule has 1 saturated carbocycles. The molecule has 0 heterocycles. The lowest BCUT2D eigenvalue weighted by Crippen LogP contribution is -2.10. The summed E-state index contributed by atoms with van der Waals surface area (Å²) in [4.78, 5) is 12.0. The molecule has 2 aliphatic rings. The predicted molar refractivity (Wildman–Crippen MR) is 154 cm³/mol. The number of hydrogen-bond acceptors (Lipinski definition) is 4. The van der Waals surface area contributed by atoms with Gasteiger partial charge in [-0.15, -0.1) is 0 Å². The van der Waals surface area contributed by atoms with E-state index < -0.39 is 0 Å². The van der Waals surface area contributed by atoms with Crippen molar-refractivity contribution in [3.63, 3.8) is 0 Å². The molecule has 0 bridgehead atoms. The van der Waals surface area contributed by atoms with Crippen molar-refractivity contribution in [2.24, 2.45) is 5.92 Å². The van der Waals surface area contributed by atoms with Gasteiger partial charge in [-0.05, 0) is 108 Å². The number of carbonyl (C=O) groups is 1. The minimum Gasteiger partial charge on any atom is -0.497 e. The van der Waals surface area contributed by atoms with Crippen molar-refractivity contribution >= 4 is 11.5 Å². The van der Waals surface area contributed by atoms with E-state index in [0.717, 1.165) is 60.1 Å². The molecule has 39 heavy (non-hydrogen) atoms. The first-order chi connectivity index (χ1) is 19.1. The van der Waals surface area contributed by atoms with E-state index in [1.54, 1.807) is 19.2 Å². The maximum Gasteiger partial charge on any atom is 0.306 e. The zero-order chi connectivity index (χ0) is 27.8. The van der Waals surface area contributed by atoms with E-state index in [2.05, 4.69) is 18.2 Å². The number of allylic oxidation sites excluding steroid dienone is 2. The molecule has 0 N–H and O–H groups in total. The van der Waals surface area contributed by atoms with Crippen molar-refractivity contribution < 1.29 is 23.4 Å². The van der Waals surface area contributed by atoms with Crippen LogP contribution in [0, 0.1) is 11.7 Å². The molecular weight excluding hydrogens is 491 g/mol. The zero-order valence-electron chi connectivity index (χ0n) is 23.5. The summed E-state index contributed by atoms with van der Waals surface area (Å²) < 4.78 is 31.4. The Balaban J connectivity index is 0.00000172. The third-order valence-corrected chi connectivity index (χ3v) is 7.43. The van der Waals surface area contributed by atoms with Crippen molar-refractivity contribution in [2.45, 2.75) is 64.9 Å². The van der Waals surface area contributed by atoms with Gasteiger partial charge >= 0.3 is 5.97 Å². The number of hydrogen-bond donors (Lipinski definition) is 0. The minimum atomic E-state index is -0.265. The van der Waals surface area contributed by atoms with Crippen LogP contribution in [0.5, 0.6) is 11.5 Å². The van der Waals surface area contributed by atoms with Gasteiger partial charge in [-0.2, -0.15) is 0 Å². The Kier molecular flexibility index (Phi) is 9.80. The number of methoxy groups -OCH3 is 2. The molecule has 0 spiro atoms. The highest BCUT2D eigenvalue weighted by Gasteiger charge is 2.34. The highest BCUT2D eigenvalue weighted by atomic mass is 19.1. The van der Waals surface area contributed by atoms with Crippen LogP contribution < -0.4 is 9.47 Å². The molecule has 0 aliphatic heterocycles. The molecule has 0 amide bonds. The Morgan fingerprint density at radius 2 is 1.77 bits per heavy atom. The largest absolute Gasteiger partial charge is 0.497 e. The molecule has 3 aromatic rings. The van der Waals surface area contributed by atoms with E-state index in [0.29, 0.717) is 30.3 Å². The van der Waals surface area contributed by atoms with Crippen LogP contribution in [0.1, 0.15) is 75.0 Å². The Morgan fingerprint density at radius 3 is 2.46 bits per heavy atom. The number of rotatable bonds is 10. The van der Waals surface area contributed by atoms with Gasteiger partial charge in [0, 0.05) is 5.56 Å². The topological polar surface area (TPSA) is 44.8 Å². The fraction of sp³-hybridized carbons (Fsp3) is 0.382. The van der Waals surface area contributed by atoms with Crippen molar-refractivity contribution in [3.05, 3.63) is 89.2 Å². The van der Waals surface area contributed by atoms with Crippen LogP contribution >= 0.6 is 0 Å². The maximum atomic E-state index is 14.9. The van der Waals surface area contributed by atoms with E-state index in [1.165, 1.54) is 18.7 Å². The molecule has 2 aliphatic carbocycles. The van der Waals surface area contributed by atoms with E-state index in [9.17, 15) is 9.18 Å². The average Bonchev–Trinajstić information content (AvgIpc) is 3.68. The van der Waals surface area contributed by atoms with Gasteiger partial charge in [-0.25, -0.2) is 4.39 Å². The van der Waals surface area contributed by atoms with Gasteiger partial charge in [0.2, 0.25) is 0 Å². The van der Waals surface area contributed by atoms with Gasteiger partial charge in [-0.1, -0.05) is 44.2 Å². The summed E-state index contributed by atoms with van der Waals surface area (Å²) in [6.07, 6.45) is 8.06. The molecule has 0 aromatic heterocycles. The Hall–Kier alpha value is -3.60. The van der Waals surface area contributed by atoms with Gasteiger partial charge in [0.25, 0.3) is 0 Å². The molecule has 1 atom stereocenters. The fourth-order valence-electron chi connectivity index (χ4n) is 5.25. The standard InChI is InChI=1S/C32H33FO4.C2H6/c1-35-25-13-15-31(33)30(18-25)27-14-10-21(16-29(27)22-6-3-4-7-22)20-37-26-9-5-8-24(17-26)28(23-11-12-23)19-32(34)36-2;1-2/h5-6,8-10,13-18,23,28H,3-4,7,11-12,19-20H2,1-2H3;1-2H3. The quantitative estimate of drug-likeness (QED) is 0.246. The monoisotopic (exact) mass is 530 g/mol. The van der Waals surface area contributed by atoms with Crippen LogP contribution in [0.3, 0.4) is 0 Å². The normalized spacial score (nSPS) is 15.1. The highest BCUT2D eigenvalue weighted by Crippen LogP contribution is 2.45. The van der Waals surface area contributed by atoms with Crippen LogP contribution in [0.25, 0.3) is 16.7 Å². The van der Waals surface area contributed by atoms with Crippen molar-refractivity contribution in [1.29, 1.82) is 0 Å². The van der Waals surface area contributed by atoms with Gasteiger partial charge in [0.15, 0.2) is 0 Å². The number of ether oxygens (including phenoxy) is 3. The number of halogens is 1. The second-order valence-corrected chi connectivity index (χ2v) is 9.93. The summed E-state index contributed by atoms with van der Waals surface area (Å²) in [5.74, 6) is 1.66. The zero-order valence-corrected chi connectivity index (χ0v) is 23.5. The summed E-state index contributed by atoms with van der Waals surface area (Å²) >= 11 is 0. The van der Waals surface area contributed by atoms with Gasteiger partial charge in [0.1, 0.15) is 23.9 Å². The third-order valence-electron chi connectivity index (χ3n) is 7.43. The summed E-state index contributed by atoms with van der Waals surface area (Å²) in [7, 11) is 3.03. The lowest BCUT2D eigenvalue weighted by molar-refractivity contribution is -0.141. The van der Waals surface area contributed by atoms with Gasteiger partial charge in [0.05, 0.1) is 20.6 Å². The molecule has 1 unspecified atom stereocenters. The number of carbonyl (C=O) groups excluding carboxylic acids is 1. The third kappa shape index (κ3) is 7.08. The molecule has 4 nitrogen and oxygen atoms in total. The smallest absolute Gasteiger partial charge is 0.306 e. The molecule has 5 rings (SSSR count). The van der Waals surface area contributed by atoms with Crippen molar-refractivity contribution in [2.75, 3.05) is 14.2 Å². The summed E-state index contributed by atoms with van der Waals surface area (Å²) in [5, 5.41) is 0. The maximum absolute atomic E-state index is 14.9. The Bertz CT molecular complexity index is 1310. The first-order valence-corrected chi connectivity index (χ1v) is 14.0. The van der Waals surface area contributed by atoms with Crippen molar-refractivity contribution in [1.82, 2.24) is 0 Å². The van der Waals surface area contributed by atoms with E-state index in [1.807, 2.05) is 44.2 Å². The van der Waals surface area contributed by atoms with Crippen molar-refractivity contribution in [3.8, 4) is 22.6 Å². The number of esters is 1. The number of benzene rings is 3. The second-order valence-electron chi connectivity index (χ2n) is 9.93. The molecule has 0 radical (unpaired) electrons. The lowest BCUT2D eigenvalue weighted by atomic mass is 9.91. The second kappa shape index (κ2) is 13.5. The van der Waals surface area contributed by atoms with Gasteiger partial charge < -0.3 is 14.2 Å². The Labute approximate surface area is 231 Å². The summed E-state index contributed by atoms with van der Waals surface area (Å²) in [6.45, 7) is 4.40. The van der Waals surface area contributed by atoms with Gasteiger partial charge in [-0.3, -0.25) is 4.79 Å². The van der Waals surface area contributed by atoms with Crippen LogP contribution in [0.2, 0.25) is 0 Å². The predicted octanol–water partition coefficient (Wildman–Crippen LogP) is 8.73. The molecule has 3 aromatic carbocycles. The lowest BCUT2D eigenvalue weighted by Gasteiger charge is -2.17.